The molecule has 0 aliphatic rings. The van der Waals surface area contributed by atoms with Gasteiger partial charge in [-0.15, -0.1) is 0 Å². The Kier molecular flexibility index (Phi) is 18.6. The molecule has 0 saturated heterocycles. The molecule has 0 aromatic heterocycles. The fourth-order valence-electron chi connectivity index (χ4n) is 3.02. The molecule has 2 heteroatoms. The maximum absolute atomic E-state index is 10.6. The number of unbranched alkanes of at least 4 members (excludes halogenated alkanes) is 16. The van der Waals surface area contributed by atoms with Gasteiger partial charge in [0.2, 0.25) is 0 Å². The molecule has 0 fully saturated rings. The van der Waals surface area contributed by atoms with Crippen LogP contribution in [-0.4, -0.2) is 13.5 Å². The van der Waals surface area contributed by atoms with Crippen LogP contribution in [0.1, 0.15) is 122 Å². The fraction of sp³-hybridized carbons (Fsp3) is 0.950. The lowest BCUT2D eigenvalue weighted by Crippen LogP contribution is -1.94. The van der Waals surface area contributed by atoms with Gasteiger partial charge in [0.15, 0.2) is 7.85 Å². The normalized spacial score (nSPS) is 11.0. The van der Waals surface area contributed by atoms with E-state index < -0.39 is 0 Å². The van der Waals surface area contributed by atoms with Crippen molar-refractivity contribution in [1.82, 2.24) is 0 Å². The van der Waals surface area contributed by atoms with Gasteiger partial charge in [-0.1, -0.05) is 110 Å². The Morgan fingerprint density at radius 3 is 1.09 bits per heavy atom. The molecule has 2 radical (unpaired) electrons. The first-order chi connectivity index (χ1) is 10.8. The highest BCUT2D eigenvalue weighted by Gasteiger charge is 1.95. The molecule has 0 aliphatic carbocycles. The molecule has 0 unspecified atom stereocenters. The first-order valence-electron chi connectivity index (χ1n) is 10.1. The molecule has 0 N–H and O–H groups in total. The summed E-state index contributed by atoms with van der Waals surface area (Å²) in [5.74, 6) is 0. The summed E-state index contributed by atoms with van der Waals surface area (Å²) < 4.78 is 0. The van der Waals surface area contributed by atoms with E-state index >= 15 is 0 Å². The molecule has 128 valence electrons. The fourth-order valence-corrected chi connectivity index (χ4v) is 3.02. The molecule has 1 nitrogen and oxygen atoms in total. The van der Waals surface area contributed by atoms with E-state index in [2.05, 4.69) is 6.92 Å². The smallest absolute Gasteiger partial charge is 0.167 e. The zero-order chi connectivity index (χ0) is 16.3. The zero-order valence-corrected chi connectivity index (χ0v) is 15.2. The molecule has 0 heterocycles. The molecule has 0 saturated carbocycles. The Labute approximate surface area is 141 Å². The Bertz CT molecular complexity index is 228. The quantitative estimate of drug-likeness (QED) is 0.203. The molecule has 0 rings (SSSR count). The van der Waals surface area contributed by atoms with Crippen LogP contribution in [-0.2, 0) is 4.79 Å². The highest BCUT2D eigenvalue weighted by Crippen LogP contribution is 2.14. The molecule has 0 atom stereocenters. The summed E-state index contributed by atoms with van der Waals surface area (Å²) in [6.07, 6.45) is 23.8. The van der Waals surface area contributed by atoms with E-state index in [-0.39, 0.29) is 5.68 Å². The minimum Gasteiger partial charge on any atom is -0.313 e. The van der Waals surface area contributed by atoms with Crippen molar-refractivity contribution in [2.24, 2.45) is 0 Å². The Morgan fingerprint density at radius 1 is 0.545 bits per heavy atom. The molecule has 0 spiro atoms. The van der Waals surface area contributed by atoms with Crippen LogP contribution in [0.25, 0.3) is 0 Å². The lowest BCUT2D eigenvalue weighted by molar-refractivity contribution is -0.111. The summed E-state index contributed by atoms with van der Waals surface area (Å²) >= 11 is 0. The van der Waals surface area contributed by atoms with Crippen LogP contribution in [0.15, 0.2) is 0 Å². The molecule has 22 heavy (non-hydrogen) atoms. The molecular weight excluding hydrogens is 267 g/mol. The minimum atomic E-state index is -0.152. The summed E-state index contributed by atoms with van der Waals surface area (Å²) in [5, 5.41) is 0. The van der Waals surface area contributed by atoms with Crippen molar-refractivity contribution < 1.29 is 4.79 Å². The van der Waals surface area contributed by atoms with E-state index in [4.69, 9.17) is 7.85 Å². The molecule has 0 aliphatic heterocycles. The Balaban J connectivity index is 2.95. The second-order valence-electron chi connectivity index (χ2n) is 6.87. The second kappa shape index (κ2) is 18.8. The van der Waals surface area contributed by atoms with E-state index in [1.165, 1.54) is 103 Å². The van der Waals surface area contributed by atoms with Crippen LogP contribution in [0, 0.1) is 0 Å². The Morgan fingerprint density at radius 2 is 0.818 bits per heavy atom. The average molecular weight is 306 g/mol. The maximum Gasteiger partial charge on any atom is 0.167 e. The summed E-state index contributed by atoms with van der Waals surface area (Å²) in [7, 11) is 5.12. The zero-order valence-electron chi connectivity index (χ0n) is 15.2. The predicted molar refractivity (Wildman–Crippen MR) is 99.5 cm³/mol. The van der Waals surface area contributed by atoms with Gasteiger partial charge in [-0.25, -0.2) is 0 Å². The van der Waals surface area contributed by atoms with Gasteiger partial charge in [-0.2, -0.15) is 0 Å². The van der Waals surface area contributed by atoms with Crippen LogP contribution in [0.4, 0.5) is 0 Å². The number of carbonyl (C=O) groups is 1. The highest BCUT2D eigenvalue weighted by atomic mass is 16.1. The largest absolute Gasteiger partial charge is 0.313 e. The Hall–Kier alpha value is -0.265. The number of hydrogen-bond donors (Lipinski definition) is 0. The maximum atomic E-state index is 10.6. The highest BCUT2D eigenvalue weighted by molar-refractivity contribution is 6.57. The van der Waals surface area contributed by atoms with Gasteiger partial charge in [0.05, 0.1) is 5.68 Å². The third-order valence-electron chi connectivity index (χ3n) is 4.53. The van der Waals surface area contributed by atoms with Crippen molar-refractivity contribution in [2.75, 3.05) is 0 Å². The second-order valence-corrected chi connectivity index (χ2v) is 6.87. The van der Waals surface area contributed by atoms with Crippen molar-refractivity contribution in [3.8, 4) is 0 Å². The van der Waals surface area contributed by atoms with Gasteiger partial charge in [0.25, 0.3) is 0 Å². The van der Waals surface area contributed by atoms with E-state index in [1.54, 1.807) is 0 Å². The van der Waals surface area contributed by atoms with Crippen LogP contribution in [0.5, 0.6) is 0 Å². The van der Waals surface area contributed by atoms with Gasteiger partial charge >= 0.3 is 0 Å². The van der Waals surface area contributed by atoms with Crippen molar-refractivity contribution in [3.63, 3.8) is 0 Å². The first-order valence-corrected chi connectivity index (χ1v) is 10.1. The van der Waals surface area contributed by atoms with Crippen LogP contribution < -0.4 is 0 Å². The van der Waals surface area contributed by atoms with E-state index in [1.807, 2.05) is 0 Å². The molecular formula is C20H39BO. The monoisotopic (exact) mass is 306 g/mol. The first kappa shape index (κ1) is 21.7. The average Bonchev–Trinajstić information content (AvgIpc) is 2.50. The van der Waals surface area contributed by atoms with Crippen LogP contribution >= 0.6 is 0 Å². The number of carbonyl (C=O) groups excluding carboxylic acids is 1. The molecule has 0 aromatic rings. The van der Waals surface area contributed by atoms with Crippen molar-refractivity contribution in [2.45, 2.75) is 122 Å². The standard InChI is InChI=1S/C20H39BO/c1-2-3-4-5-6-7-8-9-10-11-12-13-14-15-16-17-18-19-20(21)22/h2-19H2,1H3. The third kappa shape index (κ3) is 19.7. The summed E-state index contributed by atoms with van der Waals surface area (Å²) in [6.45, 7) is 2.28. The van der Waals surface area contributed by atoms with E-state index in [9.17, 15) is 4.79 Å². The van der Waals surface area contributed by atoms with Gasteiger partial charge in [-0.05, 0) is 12.8 Å². The molecule has 0 bridgehead atoms. The van der Waals surface area contributed by atoms with Crippen LogP contribution in [0.2, 0.25) is 0 Å². The van der Waals surface area contributed by atoms with E-state index in [0.717, 1.165) is 6.42 Å². The topological polar surface area (TPSA) is 17.1 Å². The summed E-state index contributed by atoms with van der Waals surface area (Å²) in [5.41, 5.74) is -0.152. The third-order valence-corrected chi connectivity index (χ3v) is 4.53. The molecule has 0 amide bonds. The van der Waals surface area contributed by atoms with Crippen molar-refractivity contribution >= 4 is 13.5 Å². The van der Waals surface area contributed by atoms with Crippen molar-refractivity contribution in [3.05, 3.63) is 0 Å². The van der Waals surface area contributed by atoms with Gasteiger partial charge < -0.3 is 4.79 Å². The lowest BCUT2D eigenvalue weighted by atomic mass is 9.96. The summed E-state index contributed by atoms with van der Waals surface area (Å²) in [4.78, 5) is 10.6. The lowest BCUT2D eigenvalue weighted by Gasteiger charge is -2.03. The number of rotatable bonds is 18. The minimum absolute atomic E-state index is 0.152. The summed E-state index contributed by atoms with van der Waals surface area (Å²) in [6, 6.07) is 0. The van der Waals surface area contributed by atoms with Crippen molar-refractivity contribution in [1.29, 1.82) is 0 Å². The van der Waals surface area contributed by atoms with Gasteiger partial charge in [0, 0.05) is 0 Å². The van der Waals surface area contributed by atoms with Gasteiger partial charge in [-0.3, -0.25) is 0 Å². The molecule has 0 aromatic carbocycles. The van der Waals surface area contributed by atoms with E-state index in [0.29, 0.717) is 6.42 Å². The number of hydrogen-bond acceptors (Lipinski definition) is 1. The predicted octanol–water partition coefficient (Wildman–Crippen LogP) is 6.72. The van der Waals surface area contributed by atoms with Crippen LogP contribution in [0.3, 0.4) is 0 Å². The SMILES string of the molecule is [B]C(=O)CCCCCCCCCCCCCCCCCCC. The van der Waals surface area contributed by atoms with Gasteiger partial charge in [0.1, 0.15) is 0 Å².